The predicted octanol–water partition coefficient (Wildman–Crippen LogP) is 5.39. The summed E-state index contributed by atoms with van der Waals surface area (Å²) < 4.78 is 28.4. The zero-order valence-electron chi connectivity index (χ0n) is 11.7. The Bertz CT molecular complexity index is 661. The minimum atomic E-state index is -0.567. The third kappa shape index (κ3) is 3.62. The third-order valence-electron chi connectivity index (χ3n) is 3.27. The van der Waals surface area contributed by atoms with Gasteiger partial charge < -0.3 is 5.32 Å². The molecule has 2 rings (SSSR count). The number of benzene rings is 2. The van der Waals surface area contributed by atoms with Gasteiger partial charge in [-0.05, 0) is 58.7 Å². The van der Waals surface area contributed by atoms with Gasteiger partial charge in [0.1, 0.15) is 11.6 Å². The Morgan fingerprint density at radius 3 is 2.52 bits per heavy atom. The lowest BCUT2D eigenvalue weighted by atomic mass is 9.96. The van der Waals surface area contributed by atoms with E-state index in [0.717, 1.165) is 16.1 Å². The number of aryl methyl sites for hydroxylation is 1. The summed E-state index contributed by atoms with van der Waals surface area (Å²) in [6, 6.07) is 7.54. The molecule has 0 saturated heterocycles. The Morgan fingerprint density at radius 1 is 1.19 bits per heavy atom. The lowest BCUT2D eigenvalue weighted by Crippen LogP contribution is -2.23. The lowest BCUT2D eigenvalue weighted by Gasteiger charge is -2.21. The molecule has 2 aromatic carbocycles. The van der Waals surface area contributed by atoms with Crippen LogP contribution in [0.3, 0.4) is 0 Å². The van der Waals surface area contributed by atoms with Gasteiger partial charge in [-0.25, -0.2) is 8.78 Å². The fourth-order valence-electron chi connectivity index (χ4n) is 2.20. The van der Waals surface area contributed by atoms with Crippen molar-refractivity contribution in [2.45, 2.75) is 19.9 Å². The summed E-state index contributed by atoms with van der Waals surface area (Å²) in [5.74, 6) is -1.11. The molecular formula is C16H15BrClF2N. The molecule has 2 aromatic rings. The van der Waals surface area contributed by atoms with Crippen LogP contribution in [0.15, 0.2) is 34.8 Å². The Kier molecular flexibility index (Phi) is 5.36. The summed E-state index contributed by atoms with van der Waals surface area (Å²) in [5, 5.41) is 3.76. The maximum Gasteiger partial charge on any atom is 0.131 e. The topological polar surface area (TPSA) is 12.0 Å². The fourth-order valence-corrected chi connectivity index (χ4v) is 2.64. The SMILES string of the molecule is CCNC(c1ccc(Br)c(Cl)c1)c1cc(C)c(F)cc1F. The number of nitrogens with one attached hydrogen (secondary N) is 1. The second-order valence-corrected chi connectivity index (χ2v) is 6.05. The van der Waals surface area contributed by atoms with Crippen molar-refractivity contribution < 1.29 is 8.78 Å². The standard InChI is InChI=1S/C16H15BrClF2N/c1-3-21-16(10-4-5-12(17)13(18)7-10)11-6-9(2)14(19)8-15(11)20/h4-8,16,21H,3H2,1-2H3. The molecule has 0 spiro atoms. The van der Waals surface area contributed by atoms with Crippen LogP contribution >= 0.6 is 27.5 Å². The first-order valence-electron chi connectivity index (χ1n) is 6.58. The van der Waals surface area contributed by atoms with E-state index in [4.69, 9.17) is 11.6 Å². The van der Waals surface area contributed by atoms with Crippen molar-refractivity contribution in [2.75, 3.05) is 6.54 Å². The highest BCUT2D eigenvalue weighted by Crippen LogP contribution is 2.31. The maximum atomic E-state index is 14.1. The van der Waals surface area contributed by atoms with Gasteiger partial charge in [0.25, 0.3) is 0 Å². The van der Waals surface area contributed by atoms with Crippen molar-refractivity contribution in [3.05, 3.63) is 68.2 Å². The largest absolute Gasteiger partial charge is 0.306 e. The molecule has 21 heavy (non-hydrogen) atoms. The molecule has 0 amide bonds. The lowest BCUT2D eigenvalue weighted by molar-refractivity contribution is 0.537. The third-order valence-corrected chi connectivity index (χ3v) is 4.51. The van der Waals surface area contributed by atoms with E-state index in [1.807, 2.05) is 19.1 Å². The minimum absolute atomic E-state index is 0.375. The van der Waals surface area contributed by atoms with E-state index in [2.05, 4.69) is 21.2 Å². The van der Waals surface area contributed by atoms with Gasteiger partial charge in [-0.3, -0.25) is 0 Å². The van der Waals surface area contributed by atoms with Crippen LogP contribution in [0.1, 0.15) is 29.7 Å². The number of hydrogen-bond acceptors (Lipinski definition) is 1. The monoisotopic (exact) mass is 373 g/mol. The van der Waals surface area contributed by atoms with E-state index in [9.17, 15) is 8.78 Å². The highest BCUT2D eigenvalue weighted by Gasteiger charge is 2.19. The van der Waals surface area contributed by atoms with Crippen LogP contribution in [-0.4, -0.2) is 6.54 Å². The Labute approximate surface area is 136 Å². The van der Waals surface area contributed by atoms with Gasteiger partial charge in [-0.1, -0.05) is 24.6 Å². The number of hydrogen-bond donors (Lipinski definition) is 1. The highest BCUT2D eigenvalue weighted by molar-refractivity contribution is 9.10. The molecule has 1 unspecified atom stereocenters. The molecule has 0 aliphatic heterocycles. The summed E-state index contributed by atoms with van der Waals surface area (Å²) in [6.07, 6.45) is 0. The molecule has 0 aromatic heterocycles. The molecular weight excluding hydrogens is 360 g/mol. The van der Waals surface area contributed by atoms with E-state index in [1.165, 1.54) is 6.07 Å². The van der Waals surface area contributed by atoms with Crippen molar-refractivity contribution in [1.29, 1.82) is 0 Å². The summed E-state index contributed by atoms with van der Waals surface area (Å²) >= 11 is 9.45. The average molecular weight is 375 g/mol. The molecule has 112 valence electrons. The van der Waals surface area contributed by atoms with Gasteiger partial charge in [0, 0.05) is 16.1 Å². The second kappa shape index (κ2) is 6.86. The highest BCUT2D eigenvalue weighted by atomic mass is 79.9. The van der Waals surface area contributed by atoms with Crippen molar-refractivity contribution in [1.82, 2.24) is 5.32 Å². The molecule has 0 bridgehead atoms. The van der Waals surface area contributed by atoms with E-state index >= 15 is 0 Å². The van der Waals surface area contributed by atoms with E-state index < -0.39 is 11.6 Å². The van der Waals surface area contributed by atoms with E-state index in [1.54, 1.807) is 13.0 Å². The molecule has 1 nitrogen and oxygen atoms in total. The first-order valence-corrected chi connectivity index (χ1v) is 7.75. The molecule has 1 N–H and O–H groups in total. The minimum Gasteiger partial charge on any atom is -0.306 e. The molecule has 0 saturated carbocycles. The van der Waals surface area contributed by atoms with Gasteiger partial charge >= 0.3 is 0 Å². The van der Waals surface area contributed by atoms with Crippen molar-refractivity contribution in [2.24, 2.45) is 0 Å². The molecule has 0 heterocycles. The van der Waals surface area contributed by atoms with Crippen molar-refractivity contribution in [3.8, 4) is 0 Å². The van der Waals surface area contributed by atoms with Crippen LogP contribution in [0.2, 0.25) is 5.02 Å². The average Bonchev–Trinajstić information content (AvgIpc) is 2.44. The van der Waals surface area contributed by atoms with E-state index in [-0.39, 0.29) is 6.04 Å². The zero-order valence-corrected chi connectivity index (χ0v) is 14.0. The van der Waals surface area contributed by atoms with E-state index in [0.29, 0.717) is 22.7 Å². The van der Waals surface area contributed by atoms with Crippen LogP contribution in [0.25, 0.3) is 0 Å². The van der Waals surface area contributed by atoms with Crippen LogP contribution in [0, 0.1) is 18.6 Å². The van der Waals surface area contributed by atoms with Crippen LogP contribution in [-0.2, 0) is 0 Å². The van der Waals surface area contributed by atoms with Gasteiger partial charge in [-0.15, -0.1) is 0 Å². The van der Waals surface area contributed by atoms with Gasteiger partial charge in [0.2, 0.25) is 0 Å². The maximum absolute atomic E-state index is 14.1. The summed E-state index contributed by atoms with van der Waals surface area (Å²) in [5.41, 5.74) is 1.65. The quantitative estimate of drug-likeness (QED) is 0.757. The predicted molar refractivity (Wildman–Crippen MR) is 85.8 cm³/mol. The smallest absolute Gasteiger partial charge is 0.131 e. The van der Waals surface area contributed by atoms with Gasteiger partial charge in [-0.2, -0.15) is 0 Å². The second-order valence-electron chi connectivity index (χ2n) is 4.79. The summed E-state index contributed by atoms with van der Waals surface area (Å²) in [6.45, 7) is 4.20. The molecule has 0 fully saturated rings. The molecule has 5 heteroatoms. The molecule has 1 atom stereocenters. The summed E-state index contributed by atoms with van der Waals surface area (Å²) in [7, 11) is 0. The first-order chi connectivity index (χ1) is 9.93. The molecule has 0 aliphatic rings. The Hall–Kier alpha value is -0.970. The van der Waals surface area contributed by atoms with Crippen LogP contribution in [0.5, 0.6) is 0 Å². The van der Waals surface area contributed by atoms with Crippen LogP contribution < -0.4 is 5.32 Å². The zero-order chi connectivity index (χ0) is 15.6. The van der Waals surface area contributed by atoms with Gasteiger partial charge in [0.05, 0.1) is 11.1 Å². The Balaban J connectivity index is 2.52. The first kappa shape index (κ1) is 16.4. The van der Waals surface area contributed by atoms with Crippen molar-refractivity contribution >= 4 is 27.5 Å². The van der Waals surface area contributed by atoms with Crippen molar-refractivity contribution in [3.63, 3.8) is 0 Å². The Morgan fingerprint density at radius 2 is 1.90 bits per heavy atom. The number of halogens is 4. The molecule has 0 aliphatic carbocycles. The van der Waals surface area contributed by atoms with Crippen LogP contribution in [0.4, 0.5) is 8.78 Å². The summed E-state index contributed by atoms with van der Waals surface area (Å²) in [4.78, 5) is 0. The fraction of sp³-hybridized carbons (Fsp3) is 0.250. The normalized spacial score (nSPS) is 12.5. The molecule has 0 radical (unpaired) electrons. The van der Waals surface area contributed by atoms with Gasteiger partial charge in [0.15, 0.2) is 0 Å². The number of rotatable bonds is 4.